The van der Waals surface area contributed by atoms with E-state index in [9.17, 15) is 13.2 Å². The van der Waals surface area contributed by atoms with Crippen LogP contribution in [-0.2, 0) is 21.2 Å². The normalized spacial score (nSPS) is 21.8. The lowest BCUT2D eigenvalue weighted by Crippen LogP contribution is -2.51. The van der Waals surface area contributed by atoms with Crippen molar-refractivity contribution in [3.63, 3.8) is 0 Å². The molecule has 2 aromatic rings. The lowest BCUT2D eigenvalue weighted by Gasteiger charge is -2.36. The Morgan fingerprint density at radius 3 is 2.44 bits per heavy atom. The number of rotatable bonds is 7. The summed E-state index contributed by atoms with van der Waals surface area (Å²) in [5, 5.41) is 4.02. The van der Waals surface area contributed by atoms with Crippen molar-refractivity contribution in [1.29, 1.82) is 0 Å². The molecule has 2 fully saturated rings. The molecule has 0 bridgehead atoms. The molecule has 0 spiro atoms. The highest BCUT2D eigenvalue weighted by atomic mass is 32.2. The summed E-state index contributed by atoms with van der Waals surface area (Å²) < 4.78 is 29.4. The SMILES string of the molecule is CC(C)c1noc(CN2CCN(CC(=O)N(c3ccccc3)C3CCS(=O)(=O)C3)CC2)n1. The van der Waals surface area contributed by atoms with Gasteiger partial charge in [-0.25, -0.2) is 8.42 Å². The molecule has 2 aliphatic heterocycles. The van der Waals surface area contributed by atoms with Crippen LogP contribution in [0.2, 0.25) is 0 Å². The lowest BCUT2D eigenvalue weighted by molar-refractivity contribution is -0.120. The second-order valence-corrected chi connectivity index (χ2v) is 11.1. The number of piperazine rings is 1. The third-order valence-corrected chi connectivity index (χ3v) is 7.81. The number of nitrogens with zero attached hydrogens (tertiary/aromatic N) is 5. The molecule has 9 nitrogen and oxygen atoms in total. The minimum absolute atomic E-state index is 0.0317. The van der Waals surface area contributed by atoms with Crippen LogP contribution in [0.3, 0.4) is 0 Å². The van der Waals surface area contributed by atoms with Crippen molar-refractivity contribution in [3.05, 3.63) is 42.0 Å². The molecule has 4 rings (SSSR count). The average molecular weight is 462 g/mol. The van der Waals surface area contributed by atoms with Crippen LogP contribution in [0, 0.1) is 0 Å². The van der Waals surface area contributed by atoms with Gasteiger partial charge in [0.1, 0.15) is 0 Å². The first-order valence-electron chi connectivity index (χ1n) is 11.2. The van der Waals surface area contributed by atoms with E-state index in [-0.39, 0.29) is 35.9 Å². The van der Waals surface area contributed by atoms with Crippen molar-refractivity contribution in [1.82, 2.24) is 19.9 Å². The average Bonchev–Trinajstić information content (AvgIpc) is 3.37. The van der Waals surface area contributed by atoms with Crippen LogP contribution >= 0.6 is 0 Å². The van der Waals surface area contributed by atoms with E-state index in [0.717, 1.165) is 37.7 Å². The van der Waals surface area contributed by atoms with Crippen molar-refractivity contribution in [3.8, 4) is 0 Å². The molecule has 1 amide bonds. The summed E-state index contributed by atoms with van der Waals surface area (Å²) >= 11 is 0. The zero-order chi connectivity index (χ0) is 22.7. The standard InChI is InChI=1S/C22H31N5O4S/c1-17(2)22-23-20(31-24-22)14-25-9-11-26(12-10-25)15-21(28)27(18-6-4-3-5-7-18)19-8-13-32(29,30)16-19/h3-7,17,19H,8-16H2,1-2H3. The van der Waals surface area contributed by atoms with Gasteiger partial charge in [0.25, 0.3) is 0 Å². The molecule has 10 heteroatoms. The molecule has 3 heterocycles. The number of hydrogen-bond donors (Lipinski definition) is 0. The van der Waals surface area contributed by atoms with Gasteiger partial charge in [-0.05, 0) is 18.6 Å². The molecule has 2 aliphatic rings. The van der Waals surface area contributed by atoms with E-state index in [2.05, 4.69) is 19.9 Å². The molecule has 32 heavy (non-hydrogen) atoms. The van der Waals surface area contributed by atoms with Gasteiger partial charge in [0.05, 0.1) is 30.6 Å². The Labute approximate surface area is 189 Å². The summed E-state index contributed by atoms with van der Waals surface area (Å²) in [6.07, 6.45) is 0.485. The quantitative estimate of drug-likeness (QED) is 0.612. The lowest BCUT2D eigenvalue weighted by atomic mass is 10.1. The highest BCUT2D eigenvalue weighted by molar-refractivity contribution is 7.91. The van der Waals surface area contributed by atoms with Crippen LogP contribution in [0.1, 0.15) is 37.9 Å². The summed E-state index contributed by atoms with van der Waals surface area (Å²) in [4.78, 5) is 23.8. The Hall–Kier alpha value is -2.30. The van der Waals surface area contributed by atoms with Gasteiger partial charge >= 0.3 is 0 Å². The zero-order valence-corrected chi connectivity index (χ0v) is 19.5. The molecular formula is C22H31N5O4S. The summed E-state index contributed by atoms with van der Waals surface area (Å²) in [5.41, 5.74) is 0.760. The number of anilines is 1. The maximum Gasteiger partial charge on any atom is 0.241 e. The van der Waals surface area contributed by atoms with Crippen molar-refractivity contribution >= 4 is 21.4 Å². The summed E-state index contributed by atoms with van der Waals surface area (Å²) in [5.74, 6) is 1.70. The first-order valence-corrected chi connectivity index (χ1v) is 13.0. The Balaban J connectivity index is 1.35. The first kappa shape index (κ1) is 22.9. The summed E-state index contributed by atoms with van der Waals surface area (Å²) in [6.45, 7) is 8.06. The largest absolute Gasteiger partial charge is 0.338 e. The van der Waals surface area contributed by atoms with E-state index in [1.807, 2.05) is 44.2 Å². The topological polar surface area (TPSA) is 99.9 Å². The molecular weight excluding hydrogens is 430 g/mol. The molecule has 1 aromatic carbocycles. The predicted molar refractivity (Wildman–Crippen MR) is 121 cm³/mol. The number of aromatic nitrogens is 2. The van der Waals surface area contributed by atoms with E-state index >= 15 is 0 Å². The van der Waals surface area contributed by atoms with Crippen LogP contribution in [0.15, 0.2) is 34.9 Å². The number of amides is 1. The summed E-state index contributed by atoms with van der Waals surface area (Å²) in [7, 11) is -3.09. The molecule has 0 saturated carbocycles. The molecule has 2 saturated heterocycles. The molecule has 174 valence electrons. The van der Waals surface area contributed by atoms with E-state index < -0.39 is 9.84 Å². The molecule has 1 unspecified atom stereocenters. The Morgan fingerprint density at radius 2 is 1.84 bits per heavy atom. The Bertz CT molecular complexity index is 1020. The third-order valence-electron chi connectivity index (χ3n) is 6.06. The van der Waals surface area contributed by atoms with Gasteiger partial charge in [-0.15, -0.1) is 0 Å². The second kappa shape index (κ2) is 9.68. The van der Waals surface area contributed by atoms with Crippen molar-refractivity contribution in [2.45, 2.75) is 38.8 Å². The van der Waals surface area contributed by atoms with Gasteiger partial charge in [-0.3, -0.25) is 14.6 Å². The number of para-hydroxylation sites is 1. The fourth-order valence-electron chi connectivity index (χ4n) is 4.26. The molecule has 1 aromatic heterocycles. The maximum atomic E-state index is 13.3. The Kier molecular flexibility index (Phi) is 6.92. The minimum atomic E-state index is -3.09. The number of sulfone groups is 1. The fourth-order valence-corrected chi connectivity index (χ4v) is 5.96. The van der Waals surface area contributed by atoms with Crippen LogP contribution in [-0.4, -0.2) is 84.5 Å². The van der Waals surface area contributed by atoms with Crippen LogP contribution in [0.25, 0.3) is 0 Å². The summed E-state index contributed by atoms with van der Waals surface area (Å²) in [6, 6.07) is 9.08. The Morgan fingerprint density at radius 1 is 1.16 bits per heavy atom. The zero-order valence-electron chi connectivity index (χ0n) is 18.7. The number of carbonyl (C=O) groups is 1. The van der Waals surface area contributed by atoms with Gasteiger partial charge in [0, 0.05) is 37.8 Å². The smallest absolute Gasteiger partial charge is 0.241 e. The van der Waals surface area contributed by atoms with E-state index in [4.69, 9.17) is 4.52 Å². The monoisotopic (exact) mass is 461 g/mol. The second-order valence-electron chi connectivity index (χ2n) is 8.91. The number of benzene rings is 1. The van der Waals surface area contributed by atoms with E-state index in [1.165, 1.54) is 0 Å². The van der Waals surface area contributed by atoms with Crippen LogP contribution < -0.4 is 4.90 Å². The highest BCUT2D eigenvalue weighted by Crippen LogP contribution is 2.25. The van der Waals surface area contributed by atoms with Crippen molar-refractivity contribution in [2.75, 3.05) is 49.1 Å². The fraction of sp³-hybridized carbons (Fsp3) is 0.591. The highest BCUT2D eigenvalue weighted by Gasteiger charge is 2.36. The van der Waals surface area contributed by atoms with Crippen molar-refractivity contribution in [2.24, 2.45) is 0 Å². The molecule has 0 aliphatic carbocycles. The van der Waals surface area contributed by atoms with Crippen LogP contribution in [0.4, 0.5) is 5.69 Å². The van der Waals surface area contributed by atoms with Gasteiger partial charge in [0.15, 0.2) is 15.7 Å². The number of carbonyl (C=O) groups excluding carboxylic acids is 1. The van der Waals surface area contributed by atoms with Crippen molar-refractivity contribution < 1.29 is 17.7 Å². The van der Waals surface area contributed by atoms with E-state index in [1.54, 1.807) is 4.90 Å². The van der Waals surface area contributed by atoms with Gasteiger partial charge < -0.3 is 9.42 Å². The number of hydrogen-bond acceptors (Lipinski definition) is 8. The van der Waals surface area contributed by atoms with Gasteiger partial charge in [-0.1, -0.05) is 37.2 Å². The minimum Gasteiger partial charge on any atom is -0.338 e. The maximum absolute atomic E-state index is 13.3. The first-order chi connectivity index (χ1) is 15.3. The third kappa shape index (κ3) is 5.54. The van der Waals surface area contributed by atoms with Crippen LogP contribution in [0.5, 0.6) is 0 Å². The van der Waals surface area contributed by atoms with Gasteiger partial charge in [0.2, 0.25) is 11.8 Å². The molecule has 1 atom stereocenters. The predicted octanol–water partition coefficient (Wildman–Crippen LogP) is 1.53. The molecule has 0 N–H and O–H groups in total. The molecule has 0 radical (unpaired) electrons. The van der Waals surface area contributed by atoms with E-state index in [0.29, 0.717) is 18.9 Å². The van der Waals surface area contributed by atoms with Gasteiger partial charge in [-0.2, -0.15) is 4.98 Å².